The molecule has 0 aliphatic heterocycles. The molecule has 0 atom stereocenters. The van der Waals surface area contributed by atoms with E-state index in [-0.39, 0.29) is 0 Å². The van der Waals surface area contributed by atoms with Crippen molar-refractivity contribution in [3.05, 3.63) is 194 Å². The van der Waals surface area contributed by atoms with Crippen LogP contribution in [0.3, 0.4) is 0 Å². The van der Waals surface area contributed by atoms with Crippen molar-refractivity contribution in [2.75, 3.05) is 4.90 Å². The number of fused-ring (bicyclic) bond motifs is 4. The number of thiazole rings is 1. The molecule has 0 amide bonds. The van der Waals surface area contributed by atoms with Gasteiger partial charge < -0.3 is 9.32 Å². The molecule has 4 heteroatoms. The number of furan rings is 1. The molecular weight excluding hydrogens is 665 g/mol. The van der Waals surface area contributed by atoms with E-state index in [0.29, 0.717) is 0 Å². The number of nitrogens with zero attached hydrogens (tertiary/aromatic N) is 2. The molecule has 250 valence electrons. The predicted octanol–water partition coefficient (Wildman–Crippen LogP) is 14.3. The summed E-state index contributed by atoms with van der Waals surface area (Å²) in [7, 11) is 0. The summed E-state index contributed by atoms with van der Waals surface area (Å²) in [5.41, 5.74) is 14.0. The van der Waals surface area contributed by atoms with Gasteiger partial charge in [0.1, 0.15) is 16.2 Å². The quantitative estimate of drug-likeness (QED) is 0.166. The maximum atomic E-state index is 6.73. The summed E-state index contributed by atoms with van der Waals surface area (Å²) in [6, 6.07) is 68.4. The Morgan fingerprint density at radius 1 is 0.415 bits per heavy atom. The summed E-state index contributed by atoms with van der Waals surface area (Å²) in [6.45, 7) is 0. The standard InChI is InChI=1S/C49H32N2OS/c1-4-13-33(14-5-1)34-23-27-38(28-24-34)51(37-17-8-3-9-18-37)39-29-25-35(26-30-39)40-31-32-41(46-43-19-10-11-22-45(43)52-47(40)46)42-20-12-21-44-48(42)53-49(50-44)36-15-6-2-7-16-36/h1-32H. The largest absolute Gasteiger partial charge is 0.455 e. The highest BCUT2D eigenvalue weighted by Gasteiger charge is 2.20. The molecule has 0 aliphatic carbocycles. The minimum atomic E-state index is 0.878. The van der Waals surface area contributed by atoms with E-state index in [1.54, 1.807) is 11.3 Å². The van der Waals surface area contributed by atoms with E-state index < -0.39 is 0 Å². The first kappa shape index (κ1) is 31.0. The van der Waals surface area contributed by atoms with Gasteiger partial charge in [-0.3, -0.25) is 0 Å². The van der Waals surface area contributed by atoms with Crippen LogP contribution in [0.4, 0.5) is 17.1 Å². The lowest BCUT2D eigenvalue weighted by molar-refractivity contribution is 0.670. The molecule has 0 saturated carbocycles. The summed E-state index contributed by atoms with van der Waals surface area (Å²) in [5.74, 6) is 0. The molecule has 0 spiro atoms. The first-order chi connectivity index (χ1) is 26.3. The molecule has 0 unspecified atom stereocenters. The minimum Gasteiger partial charge on any atom is -0.455 e. The van der Waals surface area contributed by atoms with Crippen molar-refractivity contribution in [3.63, 3.8) is 0 Å². The molecule has 10 aromatic rings. The average molecular weight is 697 g/mol. The molecule has 8 aromatic carbocycles. The fraction of sp³-hybridized carbons (Fsp3) is 0. The van der Waals surface area contributed by atoms with E-state index in [0.717, 1.165) is 77.3 Å². The second-order valence-corrected chi connectivity index (χ2v) is 14.1. The number of hydrogen-bond donors (Lipinski definition) is 0. The van der Waals surface area contributed by atoms with Crippen molar-refractivity contribution in [1.29, 1.82) is 0 Å². The molecule has 2 heterocycles. The van der Waals surface area contributed by atoms with Crippen LogP contribution in [0, 0.1) is 0 Å². The fourth-order valence-electron chi connectivity index (χ4n) is 7.39. The van der Waals surface area contributed by atoms with Crippen molar-refractivity contribution in [2.24, 2.45) is 0 Å². The Kier molecular flexibility index (Phi) is 7.67. The van der Waals surface area contributed by atoms with Gasteiger partial charge in [0, 0.05) is 44.5 Å². The summed E-state index contributed by atoms with van der Waals surface area (Å²) in [6.07, 6.45) is 0. The van der Waals surface area contributed by atoms with Gasteiger partial charge in [-0.2, -0.15) is 0 Å². The van der Waals surface area contributed by atoms with E-state index in [2.05, 4.69) is 187 Å². The van der Waals surface area contributed by atoms with Gasteiger partial charge in [0.2, 0.25) is 0 Å². The highest BCUT2D eigenvalue weighted by Crippen LogP contribution is 2.45. The first-order valence-electron chi connectivity index (χ1n) is 17.8. The number of aromatic nitrogens is 1. The van der Waals surface area contributed by atoms with Gasteiger partial charge in [-0.15, -0.1) is 11.3 Å². The zero-order chi connectivity index (χ0) is 35.1. The Labute approximate surface area is 311 Å². The van der Waals surface area contributed by atoms with Crippen molar-refractivity contribution in [2.45, 2.75) is 0 Å². The highest BCUT2D eigenvalue weighted by molar-refractivity contribution is 7.22. The molecule has 0 N–H and O–H groups in total. The first-order valence-corrected chi connectivity index (χ1v) is 18.6. The molecule has 0 saturated heterocycles. The van der Waals surface area contributed by atoms with Crippen molar-refractivity contribution in [3.8, 4) is 44.0 Å². The molecule has 3 nitrogen and oxygen atoms in total. The molecule has 0 fully saturated rings. The zero-order valence-corrected chi connectivity index (χ0v) is 29.5. The highest BCUT2D eigenvalue weighted by atomic mass is 32.1. The van der Waals surface area contributed by atoms with E-state index >= 15 is 0 Å². The second-order valence-electron chi connectivity index (χ2n) is 13.1. The van der Waals surface area contributed by atoms with Gasteiger partial charge in [0.15, 0.2) is 0 Å². The molecule has 10 rings (SSSR count). The summed E-state index contributed by atoms with van der Waals surface area (Å²) in [4.78, 5) is 7.34. The topological polar surface area (TPSA) is 29.3 Å². The number of benzene rings is 8. The number of rotatable bonds is 7. The van der Waals surface area contributed by atoms with Gasteiger partial charge in [-0.25, -0.2) is 4.98 Å². The number of hydrogen-bond acceptors (Lipinski definition) is 4. The summed E-state index contributed by atoms with van der Waals surface area (Å²) >= 11 is 1.74. The molecular formula is C49H32N2OS. The van der Waals surface area contributed by atoms with E-state index in [1.807, 2.05) is 12.1 Å². The smallest absolute Gasteiger partial charge is 0.143 e. The van der Waals surface area contributed by atoms with Gasteiger partial charge in [-0.1, -0.05) is 140 Å². The minimum absolute atomic E-state index is 0.878. The molecule has 0 bridgehead atoms. The van der Waals surface area contributed by atoms with Crippen molar-refractivity contribution >= 4 is 60.6 Å². The number of anilines is 3. The third kappa shape index (κ3) is 5.57. The molecule has 2 aromatic heterocycles. The van der Waals surface area contributed by atoms with E-state index in [4.69, 9.17) is 9.40 Å². The van der Waals surface area contributed by atoms with Crippen molar-refractivity contribution < 1.29 is 4.42 Å². The van der Waals surface area contributed by atoms with Crippen molar-refractivity contribution in [1.82, 2.24) is 4.98 Å². The summed E-state index contributed by atoms with van der Waals surface area (Å²) < 4.78 is 7.90. The van der Waals surface area contributed by atoms with Crippen LogP contribution in [-0.4, -0.2) is 4.98 Å². The zero-order valence-electron chi connectivity index (χ0n) is 28.7. The SMILES string of the molecule is c1ccc(-c2ccc(N(c3ccccc3)c3ccc(-c4ccc(-c5cccc6nc(-c7ccccc7)sc56)c5c4oc4ccccc45)cc3)cc2)cc1. The maximum Gasteiger partial charge on any atom is 0.143 e. The van der Waals surface area contributed by atoms with Crippen LogP contribution in [0.15, 0.2) is 199 Å². The second kappa shape index (κ2) is 13.1. The van der Waals surface area contributed by atoms with Crippen LogP contribution in [-0.2, 0) is 0 Å². The average Bonchev–Trinajstić information content (AvgIpc) is 3.85. The van der Waals surface area contributed by atoms with Gasteiger partial charge in [0.25, 0.3) is 0 Å². The third-order valence-electron chi connectivity index (χ3n) is 9.94. The Morgan fingerprint density at radius 3 is 1.70 bits per heavy atom. The lowest BCUT2D eigenvalue weighted by atomic mass is 9.94. The monoisotopic (exact) mass is 696 g/mol. The van der Waals surface area contributed by atoms with Gasteiger partial charge in [-0.05, 0) is 76.9 Å². The fourth-order valence-corrected chi connectivity index (χ4v) is 8.49. The lowest BCUT2D eigenvalue weighted by Gasteiger charge is -2.26. The predicted molar refractivity (Wildman–Crippen MR) is 223 cm³/mol. The normalized spacial score (nSPS) is 11.4. The lowest BCUT2D eigenvalue weighted by Crippen LogP contribution is -2.09. The molecule has 0 aliphatic rings. The Morgan fingerprint density at radius 2 is 0.981 bits per heavy atom. The van der Waals surface area contributed by atoms with Crippen LogP contribution in [0.2, 0.25) is 0 Å². The molecule has 53 heavy (non-hydrogen) atoms. The Balaban J connectivity index is 1.08. The Hall–Kier alpha value is -6.75. The molecule has 0 radical (unpaired) electrons. The van der Waals surface area contributed by atoms with Gasteiger partial charge in [0.05, 0.1) is 10.2 Å². The third-order valence-corrected chi connectivity index (χ3v) is 11.1. The van der Waals surface area contributed by atoms with Crippen LogP contribution in [0.1, 0.15) is 0 Å². The van der Waals surface area contributed by atoms with E-state index in [1.165, 1.54) is 15.8 Å². The summed E-state index contributed by atoms with van der Waals surface area (Å²) in [5, 5.41) is 3.25. The van der Waals surface area contributed by atoms with Crippen LogP contribution < -0.4 is 4.90 Å². The van der Waals surface area contributed by atoms with Crippen LogP contribution in [0.5, 0.6) is 0 Å². The van der Waals surface area contributed by atoms with Crippen LogP contribution in [0.25, 0.3) is 76.1 Å². The number of para-hydroxylation sites is 2. The maximum absolute atomic E-state index is 6.73. The Bertz CT molecular complexity index is 2860. The van der Waals surface area contributed by atoms with Crippen LogP contribution >= 0.6 is 11.3 Å². The van der Waals surface area contributed by atoms with Gasteiger partial charge >= 0.3 is 0 Å². The van der Waals surface area contributed by atoms with E-state index in [9.17, 15) is 0 Å².